The molecule has 0 amide bonds. The van der Waals surface area contributed by atoms with Crippen molar-refractivity contribution in [1.29, 1.82) is 0 Å². The smallest absolute Gasteiger partial charge is 0.259 e. The van der Waals surface area contributed by atoms with Crippen molar-refractivity contribution in [3.05, 3.63) is 45.9 Å². The van der Waals surface area contributed by atoms with Crippen LogP contribution >= 0.6 is 0 Å². The van der Waals surface area contributed by atoms with Gasteiger partial charge in [-0.1, -0.05) is 43.4 Å². The van der Waals surface area contributed by atoms with Crippen molar-refractivity contribution in [2.45, 2.75) is 70.8 Å². The Balaban J connectivity index is 1.60. The van der Waals surface area contributed by atoms with E-state index in [4.69, 9.17) is 10.8 Å². The molecule has 5 rings (SSSR count). The third-order valence-electron chi connectivity index (χ3n) is 6.92. The number of hydrogen-bond acceptors (Lipinski definition) is 7. The van der Waals surface area contributed by atoms with E-state index in [1.165, 1.54) is 12.8 Å². The molecule has 0 radical (unpaired) electrons. The molecule has 3 aliphatic rings. The lowest BCUT2D eigenvalue weighted by molar-refractivity contribution is 0.203. The molecule has 1 saturated carbocycles. The number of benzene rings is 1. The maximum Gasteiger partial charge on any atom is 0.259 e. The van der Waals surface area contributed by atoms with Gasteiger partial charge in [0.1, 0.15) is 29.9 Å². The standard InChI is InChI=1S/C26H30N6O2/c1-16-7-6-8-18-13-20(32(26(34)22(16)18)19-9-4-3-5-10-19)14-31-25-23(24(27)28-15-29-25)21(30-31)12-11-17(2)33/h6-8,13,15,17,19,23,25,33H,3-5,9-10,14H2,1-2H3,(H2,27,28,29)/t17-,23?,25?/m1/s1. The Kier molecular flexibility index (Phi) is 5.96. The molecule has 0 spiro atoms. The summed E-state index contributed by atoms with van der Waals surface area (Å²) in [6, 6.07) is 8.28. The Bertz CT molecular complexity index is 1320. The minimum absolute atomic E-state index is 0.0690. The van der Waals surface area contributed by atoms with Crippen molar-refractivity contribution in [2.75, 3.05) is 0 Å². The number of nitrogens with two attached hydrogens (primary N) is 1. The van der Waals surface area contributed by atoms with Crippen molar-refractivity contribution >= 4 is 28.7 Å². The average molecular weight is 459 g/mol. The van der Waals surface area contributed by atoms with Crippen LogP contribution in [0.25, 0.3) is 10.8 Å². The zero-order chi connectivity index (χ0) is 23.8. The number of pyridine rings is 1. The van der Waals surface area contributed by atoms with Crippen LogP contribution < -0.4 is 11.3 Å². The third kappa shape index (κ3) is 4.01. The zero-order valence-electron chi connectivity index (χ0n) is 19.6. The number of hydrazone groups is 1. The van der Waals surface area contributed by atoms with E-state index in [0.717, 1.165) is 47.7 Å². The zero-order valence-corrected chi connectivity index (χ0v) is 19.6. The molecule has 0 saturated heterocycles. The Morgan fingerprint density at radius 2 is 2.06 bits per heavy atom. The predicted octanol–water partition coefficient (Wildman–Crippen LogP) is 2.71. The van der Waals surface area contributed by atoms with Gasteiger partial charge in [0.2, 0.25) is 0 Å². The minimum atomic E-state index is -0.777. The molecule has 1 aromatic carbocycles. The molecule has 1 fully saturated rings. The summed E-state index contributed by atoms with van der Waals surface area (Å²) in [5.41, 5.74) is 8.71. The van der Waals surface area contributed by atoms with Crippen molar-refractivity contribution in [3.63, 3.8) is 0 Å². The van der Waals surface area contributed by atoms with E-state index < -0.39 is 6.10 Å². The molecule has 2 unspecified atom stereocenters. The van der Waals surface area contributed by atoms with Gasteiger partial charge in [0.25, 0.3) is 5.56 Å². The summed E-state index contributed by atoms with van der Waals surface area (Å²) < 4.78 is 2.00. The van der Waals surface area contributed by atoms with Gasteiger partial charge in [-0.15, -0.1) is 0 Å². The highest BCUT2D eigenvalue weighted by atomic mass is 16.3. The van der Waals surface area contributed by atoms with Crippen molar-refractivity contribution < 1.29 is 5.11 Å². The molecule has 8 heteroatoms. The van der Waals surface area contributed by atoms with Crippen LogP contribution in [0.4, 0.5) is 0 Å². The lowest BCUT2D eigenvalue weighted by Crippen LogP contribution is -2.42. The van der Waals surface area contributed by atoms with Crippen LogP contribution in [0.15, 0.2) is 44.1 Å². The Labute approximate surface area is 198 Å². The Morgan fingerprint density at radius 3 is 2.82 bits per heavy atom. The first kappa shape index (κ1) is 22.4. The van der Waals surface area contributed by atoms with Crippen LogP contribution in [0.2, 0.25) is 0 Å². The van der Waals surface area contributed by atoms with Crippen molar-refractivity contribution in [3.8, 4) is 11.8 Å². The van der Waals surface area contributed by atoms with Crippen LogP contribution in [0.1, 0.15) is 56.3 Å². The fourth-order valence-corrected chi connectivity index (χ4v) is 5.32. The highest BCUT2D eigenvalue weighted by Gasteiger charge is 2.41. The second-order valence-electron chi connectivity index (χ2n) is 9.38. The molecule has 2 aliphatic heterocycles. The maximum absolute atomic E-state index is 13.8. The number of amidine groups is 1. The van der Waals surface area contributed by atoms with E-state index in [2.05, 4.69) is 27.9 Å². The SMILES string of the molecule is Cc1cccc2cc(CN3N=C(C#C[C@@H](C)O)C4C(N)=NC=NC43)n(C3CCCCC3)c(=O)c12. The van der Waals surface area contributed by atoms with Crippen LogP contribution in [-0.4, -0.2) is 44.8 Å². The number of nitrogens with zero attached hydrogens (tertiary/aromatic N) is 5. The number of rotatable bonds is 3. The van der Waals surface area contributed by atoms with Crippen LogP contribution in [0.5, 0.6) is 0 Å². The number of aliphatic hydroxyl groups is 1. The van der Waals surface area contributed by atoms with E-state index in [-0.39, 0.29) is 23.7 Å². The predicted molar refractivity (Wildman–Crippen MR) is 135 cm³/mol. The maximum atomic E-state index is 13.8. The number of aliphatic hydroxyl groups excluding tert-OH is 1. The third-order valence-corrected chi connectivity index (χ3v) is 6.92. The van der Waals surface area contributed by atoms with Gasteiger partial charge < -0.3 is 15.4 Å². The second kappa shape index (κ2) is 9.07. The van der Waals surface area contributed by atoms with E-state index in [1.54, 1.807) is 6.92 Å². The van der Waals surface area contributed by atoms with Gasteiger partial charge in [-0.05, 0) is 49.6 Å². The van der Waals surface area contributed by atoms with Crippen LogP contribution in [0.3, 0.4) is 0 Å². The summed E-state index contributed by atoms with van der Waals surface area (Å²) in [5, 5.41) is 18.0. The van der Waals surface area contributed by atoms with Gasteiger partial charge in [0, 0.05) is 11.7 Å². The molecule has 1 aliphatic carbocycles. The Morgan fingerprint density at radius 1 is 1.26 bits per heavy atom. The van der Waals surface area contributed by atoms with Crippen LogP contribution in [0, 0.1) is 24.7 Å². The number of hydrogen-bond donors (Lipinski definition) is 2. The number of aryl methyl sites for hydroxylation is 1. The normalized spacial score (nSPS) is 23.2. The summed E-state index contributed by atoms with van der Waals surface area (Å²) in [4.78, 5) is 22.5. The van der Waals surface area contributed by atoms with Gasteiger partial charge in [0.05, 0.1) is 11.9 Å². The van der Waals surface area contributed by atoms with E-state index in [9.17, 15) is 9.90 Å². The highest BCUT2D eigenvalue weighted by molar-refractivity contribution is 6.17. The largest absolute Gasteiger partial charge is 0.386 e. The lowest BCUT2D eigenvalue weighted by atomic mass is 9.94. The minimum Gasteiger partial charge on any atom is -0.386 e. The highest BCUT2D eigenvalue weighted by Crippen LogP contribution is 2.32. The summed E-state index contributed by atoms with van der Waals surface area (Å²) in [5.74, 6) is 5.75. The molecule has 0 bridgehead atoms. The van der Waals surface area contributed by atoms with Gasteiger partial charge in [-0.3, -0.25) is 9.80 Å². The second-order valence-corrected chi connectivity index (χ2v) is 9.38. The molecule has 3 N–H and O–H groups in total. The summed E-state index contributed by atoms with van der Waals surface area (Å²) in [7, 11) is 0. The molecule has 8 nitrogen and oxygen atoms in total. The van der Waals surface area contributed by atoms with Gasteiger partial charge >= 0.3 is 0 Å². The first-order valence-electron chi connectivity index (χ1n) is 12.0. The molecule has 2 aromatic rings. The topological polar surface area (TPSA) is 109 Å². The van der Waals surface area contributed by atoms with Gasteiger partial charge in [-0.25, -0.2) is 9.98 Å². The van der Waals surface area contributed by atoms with Gasteiger partial charge in [-0.2, -0.15) is 5.10 Å². The molecule has 3 heterocycles. The molecular weight excluding hydrogens is 428 g/mol. The van der Waals surface area contributed by atoms with E-state index in [0.29, 0.717) is 18.1 Å². The fourth-order valence-electron chi connectivity index (χ4n) is 5.32. The molecule has 34 heavy (non-hydrogen) atoms. The fraction of sp³-hybridized carbons (Fsp3) is 0.462. The molecule has 1 aromatic heterocycles. The molecule has 176 valence electrons. The van der Waals surface area contributed by atoms with E-state index >= 15 is 0 Å². The first-order chi connectivity index (χ1) is 16.4. The number of fused-ring (bicyclic) bond motifs is 2. The van der Waals surface area contributed by atoms with Crippen molar-refractivity contribution in [1.82, 2.24) is 9.58 Å². The summed E-state index contributed by atoms with van der Waals surface area (Å²) in [6.07, 6.45) is 5.79. The van der Waals surface area contributed by atoms with E-state index in [1.807, 2.05) is 34.7 Å². The first-order valence-corrected chi connectivity index (χ1v) is 12.0. The van der Waals surface area contributed by atoms with Crippen LogP contribution in [-0.2, 0) is 6.54 Å². The Hall–Kier alpha value is -3.44. The lowest BCUT2D eigenvalue weighted by Gasteiger charge is -2.30. The quantitative estimate of drug-likeness (QED) is 0.690. The average Bonchev–Trinajstić information content (AvgIpc) is 3.17. The summed E-state index contributed by atoms with van der Waals surface area (Å²) >= 11 is 0. The molecular formula is C26H30N6O2. The number of aliphatic imine (C=N–C) groups is 2. The van der Waals surface area contributed by atoms with Gasteiger partial charge in [0.15, 0.2) is 6.17 Å². The monoisotopic (exact) mass is 458 g/mol. The number of aromatic nitrogens is 1. The molecule has 3 atom stereocenters. The van der Waals surface area contributed by atoms with Crippen molar-refractivity contribution in [2.24, 2.45) is 26.7 Å². The summed E-state index contributed by atoms with van der Waals surface area (Å²) in [6.45, 7) is 4.01.